The second-order valence-electron chi connectivity index (χ2n) is 5.33. The largest absolute Gasteiger partial charge is 0.494 e. The Balaban J connectivity index is 1.81. The third-order valence-corrected chi connectivity index (χ3v) is 3.34. The van der Waals surface area contributed by atoms with Crippen LogP contribution in [0.25, 0.3) is 0 Å². The predicted octanol–water partition coefficient (Wildman–Crippen LogP) is 3.80. The fourth-order valence-corrected chi connectivity index (χ4v) is 1.98. The molecule has 2 rings (SSSR count). The van der Waals surface area contributed by atoms with Crippen molar-refractivity contribution in [2.24, 2.45) is 0 Å². The summed E-state index contributed by atoms with van der Waals surface area (Å²) < 4.78 is 23.9. The Kier molecular flexibility index (Phi) is 6.95. The van der Waals surface area contributed by atoms with Crippen molar-refractivity contribution in [2.75, 3.05) is 18.5 Å². The number of unbranched alkanes of at least 4 members (excludes halogenated alkanes) is 1. The number of carbonyl (C=O) groups excluding carboxylic acids is 2. The number of carbonyl (C=O) groups is 2. The highest BCUT2D eigenvalue weighted by molar-refractivity contribution is 5.95. The summed E-state index contributed by atoms with van der Waals surface area (Å²) in [6.45, 7) is 2.20. The quantitative estimate of drug-likeness (QED) is 0.584. The zero-order valence-electron chi connectivity index (χ0n) is 14.0. The number of anilines is 1. The maximum absolute atomic E-state index is 13.4. The van der Waals surface area contributed by atoms with Crippen LogP contribution in [0.15, 0.2) is 48.5 Å². The molecule has 5 nitrogen and oxygen atoms in total. The van der Waals surface area contributed by atoms with Crippen LogP contribution < -0.4 is 10.1 Å². The molecule has 1 amide bonds. The number of hydrogen-bond donors (Lipinski definition) is 1. The second-order valence-corrected chi connectivity index (χ2v) is 5.33. The molecule has 0 radical (unpaired) electrons. The molecule has 0 aliphatic rings. The molecule has 1 N–H and O–H groups in total. The first-order valence-electron chi connectivity index (χ1n) is 8.04. The molecule has 0 saturated carbocycles. The van der Waals surface area contributed by atoms with Gasteiger partial charge in [0.05, 0.1) is 17.9 Å². The van der Waals surface area contributed by atoms with Crippen LogP contribution in [-0.2, 0) is 9.53 Å². The Bertz CT molecular complexity index is 716. The van der Waals surface area contributed by atoms with Gasteiger partial charge in [-0.2, -0.15) is 0 Å². The minimum absolute atomic E-state index is 0.0390. The molecule has 2 aromatic rings. The molecule has 0 bridgehead atoms. The average Bonchev–Trinajstić information content (AvgIpc) is 2.62. The Morgan fingerprint density at radius 3 is 2.48 bits per heavy atom. The Morgan fingerprint density at radius 1 is 1.08 bits per heavy atom. The minimum Gasteiger partial charge on any atom is -0.494 e. The lowest BCUT2D eigenvalue weighted by Gasteiger charge is -2.08. The van der Waals surface area contributed by atoms with Gasteiger partial charge in [-0.1, -0.05) is 25.5 Å². The van der Waals surface area contributed by atoms with Gasteiger partial charge in [-0.25, -0.2) is 9.18 Å². The number of nitrogens with one attached hydrogen (secondary N) is 1. The van der Waals surface area contributed by atoms with Gasteiger partial charge < -0.3 is 14.8 Å². The van der Waals surface area contributed by atoms with Gasteiger partial charge in [0.1, 0.15) is 11.6 Å². The van der Waals surface area contributed by atoms with E-state index in [1.807, 2.05) is 0 Å². The van der Waals surface area contributed by atoms with E-state index >= 15 is 0 Å². The maximum atomic E-state index is 13.4. The molecular formula is C19H20FNO4. The van der Waals surface area contributed by atoms with Crippen molar-refractivity contribution < 1.29 is 23.5 Å². The molecule has 132 valence electrons. The summed E-state index contributed by atoms with van der Waals surface area (Å²) in [5.74, 6) is -1.13. The highest BCUT2D eigenvalue weighted by atomic mass is 19.1. The normalized spacial score (nSPS) is 10.2. The Labute approximate surface area is 145 Å². The molecule has 0 aromatic heterocycles. The van der Waals surface area contributed by atoms with Crippen LogP contribution in [0.2, 0.25) is 0 Å². The van der Waals surface area contributed by atoms with E-state index in [4.69, 9.17) is 9.47 Å². The molecule has 0 aliphatic carbocycles. The molecule has 0 aliphatic heterocycles. The number of benzene rings is 2. The van der Waals surface area contributed by atoms with Crippen LogP contribution in [0.3, 0.4) is 0 Å². The molecule has 25 heavy (non-hydrogen) atoms. The van der Waals surface area contributed by atoms with E-state index in [1.54, 1.807) is 30.3 Å². The number of para-hydroxylation sites is 1. The highest BCUT2D eigenvalue weighted by Gasteiger charge is 2.12. The summed E-state index contributed by atoms with van der Waals surface area (Å²) in [6.07, 6.45) is 2.00. The van der Waals surface area contributed by atoms with E-state index in [2.05, 4.69) is 12.2 Å². The minimum atomic E-state index is -0.635. The Hall–Kier alpha value is -2.89. The first-order valence-corrected chi connectivity index (χ1v) is 8.04. The third-order valence-electron chi connectivity index (χ3n) is 3.34. The summed E-state index contributed by atoms with van der Waals surface area (Å²) in [5, 5.41) is 2.34. The van der Waals surface area contributed by atoms with Gasteiger partial charge >= 0.3 is 5.97 Å². The number of rotatable bonds is 8. The summed E-state index contributed by atoms with van der Waals surface area (Å²) in [7, 11) is 0. The summed E-state index contributed by atoms with van der Waals surface area (Å²) in [6, 6.07) is 12.2. The van der Waals surface area contributed by atoms with E-state index < -0.39 is 24.3 Å². The first kappa shape index (κ1) is 18.4. The zero-order chi connectivity index (χ0) is 18.1. The smallest absolute Gasteiger partial charge is 0.338 e. The lowest BCUT2D eigenvalue weighted by atomic mass is 10.2. The van der Waals surface area contributed by atoms with Gasteiger partial charge in [0.2, 0.25) is 0 Å². The molecule has 0 unspecified atom stereocenters. The zero-order valence-corrected chi connectivity index (χ0v) is 14.0. The average molecular weight is 345 g/mol. The summed E-state index contributed by atoms with van der Waals surface area (Å²) >= 11 is 0. The molecular weight excluding hydrogens is 325 g/mol. The van der Waals surface area contributed by atoms with E-state index in [9.17, 15) is 14.0 Å². The number of ether oxygens (including phenoxy) is 2. The van der Waals surface area contributed by atoms with Gasteiger partial charge in [-0.05, 0) is 42.8 Å². The fourth-order valence-electron chi connectivity index (χ4n) is 1.98. The monoisotopic (exact) mass is 345 g/mol. The van der Waals surface area contributed by atoms with Gasteiger partial charge in [0, 0.05) is 0 Å². The number of amides is 1. The van der Waals surface area contributed by atoms with Crippen LogP contribution in [0.5, 0.6) is 5.75 Å². The maximum Gasteiger partial charge on any atom is 0.338 e. The van der Waals surface area contributed by atoms with Crippen molar-refractivity contribution in [3.05, 3.63) is 59.9 Å². The standard InChI is InChI=1S/C19H20FNO4/c1-2-3-12-24-15-10-8-14(9-11-15)19(23)25-13-18(22)21-17-7-5-4-6-16(17)20/h4-11H,2-3,12-13H2,1H3,(H,21,22). The van der Waals surface area contributed by atoms with Crippen LogP contribution >= 0.6 is 0 Å². The van der Waals surface area contributed by atoms with Crippen molar-refractivity contribution in [1.82, 2.24) is 0 Å². The molecule has 0 spiro atoms. The van der Waals surface area contributed by atoms with Crippen molar-refractivity contribution in [3.8, 4) is 5.75 Å². The van der Waals surface area contributed by atoms with E-state index in [-0.39, 0.29) is 5.69 Å². The van der Waals surface area contributed by atoms with Crippen LogP contribution in [0.1, 0.15) is 30.1 Å². The second kappa shape index (κ2) is 9.42. The third kappa shape index (κ3) is 5.91. The molecule has 0 fully saturated rings. The lowest BCUT2D eigenvalue weighted by molar-refractivity contribution is -0.119. The van der Waals surface area contributed by atoms with Crippen molar-refractivity contribution in [3.63, 3.8) is 0 Å². The van der Waals surface area contributed by atoms with E-state index in [0.717, 1.165) is 12.8 Å². The fraction of sp³-hybridized carbons (Fsp3) is 0.263. The number of halogens is 1. The van der Waals surface area contributed by atoms with E-state index in [1.165, 1.54) is 18.2 Å². The first-order chi connectivity index (χ1) is 12.1. The van der Waals surface area contributed by atoms with E-state index in [0.29, 0.717) is 17.9 Å². The molecule has 6 heteroatoms. The van der Waals surface area contributed by atoms with Gasteiger partial charge in [0.25, 0.3) is 5.91 Å². The molecule has 0 atom stereocenters. The van der Waals surface area contributed by atoms with Gasteiger partial charge in [0.15, 0.2) is 6.61 Å². The topological polar surface area (TPSA) is 64.6 Å². The number of hydrogen-bond acceptors (Lipinski definition) is 4. The predicted molar refractivity (Wildman–Crippen MR) is 92.2 cm³/mol. The molecule has 0 heterocycles. The summed E-state index contributed by atoms with van der Waals surface area (Å²) in [4.78, 5) is 23.6. The van der Waals surface area contributed by atoms with Crippen LogP contribution in [0, 0.1) is 5.82 Å². The number of esters is 1. The van der Waals surface area contributed by atoms with Gasteiger partial charge in [-0.3, -0.25) is 4.79 Å². The van der Waals surface area contributed by atoms with Crippen LogP contribution in [-0.4, -0.2) is 25.1 Å². The van der Waals surface area contributed by atoms with Gasteiger partial charge in [-0.15, -0.1) is 0 Å². The van der Waals surface area contributed by atoms with Crippen molar-refractivity contribution in [2.45, 2.75) is 19.8 Å². The lowest BCUT2D eigenvalue weighted by Crippen LogP contribution is -2.21. The van der Waals surface area contributed by atoms with Crippen molar-refractivity contribution >= 4 is 17.6 Å². The van der Waals surface area contributed by atoms with Crippen molar-refractivity contribution in [1.29, 1.82) is 0 Å². The molecule has 0 saturated heterocycles. The molecule has 2 aromatic carbocycles. The van der Waals surface area contributed by atoms with Crippen LogP contribution in [0.4, 0.5) is 10.1 Å². The summed E-state index contributed by atoms with van der Waals surface area (Å²) in [5.41, 5.74) is 0.346. The Morgan fingerprint density at radius 2 is 1.80 bits per heavy atom. The highest BCUT2D eigenvalue weighted by Crippen LogP contribution is 2.14. The SMILES string of the molecule is CCCCOc1ccc(C(=O)OCC(=O)Nc2ccccc2F)cc1.